The molecule has 0 radical (unpaired) electrons. The van der Waals surface area contributed by atoms with E-state index in [4.69, 9.17) is 24.3 Å². The first-order valence-corrected chi connectivity index (χ1v) is 12.2. The lowest BCUT2D eigenvalue weighted by atomic mass is 9.46. The van der Waals surface area contributed by atoms with Gasteiger partial charge in [-0.2, -0.15) is 0 Å². The fourth-order valence-electron chi connectivity index (χ4n) is 6.92. The van der Waals surface area contributed by atoms with Crippen LogP contribution in [0.15, 0.2) is 12.2 Å². The number of carbonyl (C=O) groups is 1. The number of fused-ring (bicyclic) bond motifs is 1. The molecule has 8 atom stereocenters. The summed E-state index contributed by atoms with van der Waals surface area (Å²) in [6.07, 6.45) is 13.8. The Balaban J connectivity index is 1.16. The predicted octanol–water partition coefficient (Wildman–Crippen LogP) is 5.31. The number of methoxy groups -OCH3 is 1. The Bertz CT molecular complexity index is 693. The Kier molecular flexibility index (Phi) is 6.57. The number of rotatable bonds is 10. The van der Waals surface area contributed by atoms with Crippen LogP contribution < -0.4 is 0 Å². The van der Waals surface area contributed by atoms with E-state index >= 15 is 0 Å². The lowest BCUT2D eigenvalue weighted by molar-refractivity contribution is -0.449. The van der Waals surface area contributed by atoms with Gasteiger partial charge in [0.25, 0.3) is 0 Å². The standard InChI is InChI=1S/C25H40O6/c1-6-17-18(21-19-12-14-25(4,22(17)21)31-28-19)11-9-7-8-10-13-23(2)16-24(3,30-29-23)15-20(26)27-5/h12,14,17-19,21-22H,6-11,13,15-16H2,1-5H3/t17-,18-,19-,21+,22+,23-,24-,25+/m1/s1. The summed E-state index contributed by atoms with van der Waals surface area (Å²) < 4.78 is 4.78. The van der Waals surface area contributed by atoms with Crippen molar-refractivity contribution in [1.29, 1.82) is 0 Å². The molecule has 0 amide bonds. The van der Waals surface area contributed by atoms with E-state index in [1.807, 2.05) is 6.92 Å². The van der Waals surface area contributed by atoms with Crippen LogP contribution in [0.2, 0.25) is 0 Å². The van der Waals surface area contributed by atoms with Gasteiger partial charge in [0, 0.05) is 18.3 Å². The van der Waals surface area contributed by atoms with Crippen molar-refractivity contribution in [2.24, 2.45) is 23.7 Å². The van der Waals surface area contributed by atoms with Crippen LogP contribution in [-0.2, 0) is 29.1 Å². The highest BCUT2D eigenvalue weighted by molar-refractivity contribution is 5.70. The van der Waals surface area contributed by atoms with Gasteiger partial charge in [0.1, 0.15) is 22.9 Å². The van der Waals surface area contributed by atoms with Crippen LogP contribution in [0.25, 0.3) is 0 Å². The maximum absolute atomic E-state index is 11.6. The molecule has 3 heterocycles. The van der Waals surface area contributed by atoms with E-state index in [9.17, 15) is 4.79 Å². The molecule has 5 aliphatic rings. The van der Waals surface area contributed by atoms with Crippen molar-refractivity contribution in [3.05, 3.63) is 12.2 Å². The molecule has 3 aliphatic heterocycles. The van der Waals surface area contributed by atoms with Crippen LogP contribution >= 0.6 is 0 Å². The smallest absolute Gasteiger partial charge is 0.308 e. The van der Waals surface area contributed by atoms with Crippen molar-refractivity contribution in [2.75, 3.05) is 7.11 Å². The second kappa shape index (κ2) is 8.77. The van der Waals surface area contributed by atoms with E-state index in [0.29, 0.717) is 18.3 Å². The molecule has 0 N–H and O–H groups in total. The van der Waals surface area contributed by atoms with E-state index in [1.54, 1.807) is 0 Å². The van der Waals surface area contributed by atoms with Crippen molar-refractivity contribution in [3.63, 3.8) is 0 Å². The molecule has 0 aromatic heterocycles. The summed E-state index contributed by atoms with van der Waals surface area (Å²) in [6, 6.07) is 0. The highest BCUT2D eigenvalue weighted by Gasteiger charge is 2.64. The summed E-state index contributed by atoms with van der Waals surface area (Å²) in [4.78, 5) is 34.2. The highest BCUT2D eigenvalue weighted by Crippen LogP contribution is 2.62. The number of unbranched alkanes of at least 4 members (excludes halogenated alkanes) is 3. The quantitative estimate of drug-likeness (QED) is 0.200. The third kappa shape index (κ3) is 4.46. The zero-order valence-electron chi connectivity index (χ0n) is 19.9. The maximum Gasteiger partial charge on any atom is 0.308 e. The van der Waals surface area contributed by atoms with Gasteiger partial charge in [0.05, 0.1) is 13.5 Å². The number of carbonyl (C=O) groups excluding carboxylic acids is 1. The van der Waals surface area contributed by atoms with Gasteiger partial charge < -0.3 is 4.74 Å². The first-order valence-electron chi connectivity index (χ1n) is 12.2. The van der Waals surface area contributed by atoms with Crippen molar-refractivity contribution in [2.45, 2.75) is 108 Å². The van der Waals surface area contributed by atoms with Crippen molar-refractivity contribution in [1.82, 2.24) is 0 Å². The van der Waals surface area contributed by atoms with Crippen molar-refractivity contribution >= 4 is 5.97 Å². The molecule has 0 aromatic carbocycles. The molecule has 2 aliphatic carbocycles. The molecule has 3 fully saturated rings. The van der Waals surface area contributed by atoms with Crippen LogP contribution in [0.1, 0.15) is 85.5 Å². The third-order valence-electron chi connectivity index (χ3n) is 8.32. The molecule has 0 spiro atoms. The Labute approximate surface area is 186 Å². The molecule has 0 unspecified atom stereocenters. The molecule has 6 nitrogen and oxygen atoms in total. The largest absolute Gasteiger partial charge is 0.469 e. The molecule has 0 aromatic rings. The number of hydrogen-bond donors (Lipinski definition) is 0. The Morgan fingerprint density at radius 3 is 2.45 bits per heavy atom. The minimum atomic E-state index is -0.589. The zero-order valence-corrected chi connectivity index (χ0v) is 19.9. The van der Waals surface area contributed by atoms with Crippen molar-refractivity contribution < 1.29 is 29.1 Å². The summed E-state index contributed by atoms with van der Waals surface area (Å²) in [7, 11) is 1.41. The lowest BCUT2D eigenvalue weighted by Crippen LogP contribution is -2.66. The van der Waals surface area contributed by atoms with Gasteiger partial charge in [0.15, 0.2) is 0 Å². The number of hydrogen-bond acceptors (Lipinski definition) is 6. The maximum atomic E-state index is 11.6. The molecule has 176 valence electrons. The lowest BCUT2D eigenvalue weighted by Gasteiger charge is -2.64. The van der Waals surface area contributed by atoms with Crippen LogP contribution in [0, 0.1) is 23.7 Å². The molecule has 31 heavy (non-hydrogen) atoms. The predicted molar refractivity (Wildman–Crippen MR) is 116 cm³/mol. The van der Waals surface area contributed by atoms with Crippen LogP contribution in [-0.4, -0.2) is 36.0 Å². The normalized spacial score (nSPS) is 45.4. The first kappa shape index (κ1) is 23.2. The van der Waals surface area contributed by atoms with E-state index in [1.165, 1.54) is 39.2 Å². The van der Waals surface area contributed by atoms with Crippen LogP contribution in [0.4, 0.5) is 0 Å². The minimum absolute atomic E-state index is 0.151. The SMILES string of the molecule is CC[C@@H]1[C@@H](CCCCCC[C@]2(C)C[C@@](C)(CC(=O)OC)OO2)[C@@H]2[C@H]1[C@]1(C)C=C[C@H]2OO1. The molecule has 1 saturated carbocycles. The van der Waals surface area contributed by atoms with Gasteiger partial charge in [-0.15, -0.1) is 0 Å². The molecule has 2 saturated heterocycles. The molecular formula is C25H40O6. The zero-order chi connectivity index (χ0) is 22.3. The van der Waals surface area contributed by atoms with E-state index in [2.05, 4.69) is 32.9 Å². The second-order valence-electron chi connectivity index (χ2n) is 11.0. The summed E-state index contributed by atoms with van der Waals surface area (Å²) in [5.74, 6) is 2.50. The van der Waals surface area contributed by atoms with Crippen LogP contribution in [0.5, 0.6) is 0 Å². The fraction of sp³-hybridized carbons (Fsp3) is 0.880. The van der Waals surface area contributed by atoms with Gasteiger partial charge in [-0.1, -0.05) is 51.2 Å². The van der Waals surface area contributed by atoms with E-state index < -0.39 is 5.60 Å². The highest BCUT2D eigenvalue weighted by atomic mass is 17.2. The Hall–Kier alpha value is -0.950. The van der Waals surface area contributed by atoms with Gasteiger partial charge in [-0.3, -0.25) is 4.79 Å². The molecule has 2 bridgehead atoms. The summed E-state index contributed by atoms with van der Waals surface area (Å²) in [5.41, 5.74) is -1.14. The topological polar surface area (TPSA) is 63.2 Å². The van der Waals surface area contributed by atoms with Gasteiger partial charge in [-0.25, -0.2) is 19.6 Å². The van der Waals surface area contributed by atoms with Crippen molar-refractivity contribution in [3.8, 4) is 0 Å². The van der Waals surface area contributed by atoms with Gasteiger partial charge >= 0.3 is 5.97 Å². The second-order valence-corrected chi connectivity index (χ2v) is 11.0. The van der Waals surface area contributed by atoms with Crippen LogP contribution in [0.3, 0.4) is 0 Å². The monoisotopic (exact) mass is 436 g/mol. The van der Waals surface area contributed by atoms with Gasteiger partial charge in [-0.05, 0) is 45.4 Å². The van der Waals surface area contributed by atoms with E-state index in [0.717, 1.165) is 24.7 Å². The number of esters is 1. The Morgan fingerprint density at radius 1 is 1.03 bits per heavy atom. The molecular weight excluding hydrogens is 396 g/mol. The van der Waals surface area contributed by atoms with Gasteiger partial charge in [0.2, 0.25) is 0 Å². The minimum Gasteiger partial charge on any atom is -0.469 e. The van der Waals surface area contributed by atoms with E-state index in [-0.39, 0.29) is 29.7 Å². The average Bonchev–Trinajstić information content (AvgIpc) is 3.02. The fourth-order valence-corrected chi connectivity index (χ4v) is 6.92. The third-order valence-corrected chi connectivity index (χ3v) is 8.32. The summed E-state index contributed by atoms with van der Waals surface area (Å²) in [5, 5.41) is 0. The number of ether oxygens (including phenoxy) is 1. The first-order chi connectivity index (χ1) is 14.7. The summed E-state index contributed by atoms with van der Waals surface area (Å²) in [6.45, 7) is 8.51. The molecule has 5 rings (SSSR count). The average molecular weight is 437 g/mol. The Morgan fingerprint density at radius 2 is 1.77 bits per heavy atom. The summed E-state index contributed by atoms with van der Waals surface area (Å²) >= 11 is 0. The molecule has 6 heteroatoms.